The molecule has 1 aliphatic carbocycles. The van der Waals surface area contributed by atoms with Crippen molar-refractivity contribution in [2.24, 2.45) is 11.3 Å². The fourth-order valence-electron chi connectivity index (χ4n) is 2.61. The molecule has 0 heterocycles. The molecule has 1 saturated carbocycles. The SMILES string of the molecule is COCC(C)N(C)CC1CCC(C)(C)C1O. The molecule has 96 valence electrons. The van der Waals surface area contributed by atoms with Crippen molar-refractivity contribution in [3.8, 4) is 0 Å². The molecule has 0 bridgehead atoms. The third-order valence-corrected chi connectivity index (χ3v) is 4.09. The first-order valence-electron chi connectivity index (χ1n) is 6.25. The molecule has 1 aliphatic rings. The second-order valence-corrected chi connectivity index (χ2v) is 5.98. The van der Waals surface area contributed by atoms with E-state index in [0.717, 1.165) is 26.0 Å². The van der Waals surface area contributed by atoms with Gasteiger partial charge in [-0.15, -0.1) is 0 Å². The van der Waals surface area contributed by atoms with E-state index < -0.39 is 0 Å². The molecule has 16 heavy (non-hydrogen) atoms. The maximum Gasteiger partial charge on any atom is 0.0631 e. The average Bonchev–Trinajstić information content (AvgIpc) is 2.45. The van der Waals surface area contributed by atoms with Gasteiger partial charge >= 0.3 is 0 Å². The van der Waals surface area contributed by atoms with Crippen LogP contribution in [0.4, 0.5) is 0 Å². The first-order chi connectivity index (χ1) is 7.38. The zero-order valence-corrected chi connectivity index (χ0v) is 11.4. The lowest BCUT2D eigenvalue weighted by Gasteiger charge is -2.31. The fraction of sp³-hybridized carbons (Fsp3) is 1.00. The van der Waals surface area contributed by atoms with Crippen molar-refractivity contribution in [1.29, 1.82) is 0 Å². The predicted octanol–water partition coefficient (Wildman–Crippen LogP) is 1.75. The molecule has 0 spiro atoms. The molecule has 0 aromatic carbocycles. The summed E-state index contributed by atoms with van der Waals surface area (Å²) in [4.78, 5) is 2.29. The summed E-state index contributed by atoms with van der Waals surface area (Å²) in [6, 6.07) is 0.418. The van der Waals surface area contributed by atoms with E-state index in [9.17, 15) is 5.11 Å². The minimum absolute atomic E-state index is 0.0933. The highest BCUT2D eigenvalue weighted by Crippen LogP contribution is 2.41. The molecule has 0 amide bonds. The monoisotopic (exact) mass is 229 g/mol. The number of hydrogen-bond donors (Lipinski definition) is 1. The molecule has 1 rings (SSSR count). The molecule has 1 N–H and O–H groups in total. The summed E-state index contributed by atoms with van der Waals surface area (Å²) in [5, 5.41) is 10.2. The summed E-state index contributed by atoms with van der Waals surface area (Å²) < 4.78 is 5.15. The Labute approximate surface area is 99.8 Å². The Hall–Kier alpha value is -0.120. The number of nitrogens with zero attached hydrogens (tertiary/aromatic N) is 1. The van der Waals surface area contributed by atoms with Gasteiger partial charge in [-0.2, -0.15) is 0 Å². The summed E-state index contributed by atoms with van der Waals surface area (Å²) in [5.74, 6) is 0.416. The van der Waals surface area contributed by atoms with Crippen molar-refractivity contribution >= 4 is 0 Å². The molecule has 3 atom stereocenters. The second kappa shape index (κ2) is 5.48. The summed E-state index contributed by atoms with van der Waals surface area (Å²) in [6.07, 6.45) is 2.11. The predicted molar refractivity (Wildman–Crippen MR) is 66.5 cm³/mol. The molecule has 0 aliphatic heterocycles. The number of likely N-dealkylation sites (N-methyl/N-ethyl adjacent to an activating group) is 1. The number of ether oxygens (including phenoxy) is 1. The van der Waals surface area contributed by atoms with E-state index in [0.29, 0.717) is 12.0 Å². The zero-order valence-electron chi connectivity index (χ0n) is 11.4. The van der Waals surface area contributed by atoms with Gasteiger partial charge in [0.05, 0.1) is 12.7 Å². The van der Waals surface area contributed by atoms with Crippen LogP contribution in [0.5, 0.6) is 0 Å². The highest BCUT2D eigenvalue weighted by Gasteiger charge is 2.41. The lowest BCUT2D eigenvalue weighted by Crippen LogP contribution is -2.40. The molecule has 0 radical (unpaired) electrons. The van der Waals surface area contributed by atoms with Gasteiger partial charge in [-0.05, 0) is 38.1 Å². The molecular weight excluding hydrogens is 202 g/mol. The Morgan fingerprint density at radius 2 is 2.12 bits per heavy atom. The van der Waals surface area contributed by atoms with Gasteiger partial charge in [0.15, 0.2) is 0 Å². The van der Waals surface area contributed by atoms with Crippen LogP contribution in [-0.4, -0.2) is 49.5 Å². The third kappa shape index (κ3) is 3.19. The summed E-state index contributed by atoms with van der Waals surface area (Å²) in [7, 11) is 3.85. The van der Waals surface area contributed by atoms with Crippen molar-refractivity contribution in [3.05, 3.63) is 0 Å². The number of aliphatic hydroxyl groups is 1. The van der Waals surface area contributed by atoms with Crippen LogP contribution >= 0.6 is 0 Å². The van der Waals surface area contributed by atoms with Gasteiger partial charge < -0.3 is 14.7 Å². The Morgan fingerprint density at radius 1 is 1.50 bits per heavy atom. The second-order valence-electron chi connectivity index (χ2n) is 5.98. The van der Waals surface area contributed by atoms with Crippen LogP contribution in [-0.2, 0) is 4.74 Å². The Balaban J connectivity index is 2.43. The van der Waals surface area contributed by atoms with E-state index in [4.69, 9.17) is 4.74 Å². The van der Waals surface area contributed by atoms with Crippen molar-refractivity contribution in [2.45, 2.75) is 45.8 Å². The van der Waals surface area contributed by atoms with Crippen LogP contribution in [0.1, 0.15) is 33.6 Å². The molecule has 3 unspecified atom stereocenters. The number of aliphatic hydroxyl groups excluding tert-OH is 1. The van der Waals surface area contributed by atoms with E-state index in [1.807, 2.05) is 0 Å². The molecule has 3 nitrogen and oxygen atoms in total. The van der Waals surface area contributed by atoms with Crippen LogP contribution in [0, 0.1) is 11.3 Å². The van der Waals surface area contributed by atoms with Gasteiger partial charge in [0.2, 0.25) is 0 Å². The van der Waals surface area contributed by atoms with Crippen molar-refractivity contribution in [2.75, 3.05) is 27.3 Å². The lowest BCUT2D eigenvalue weighted by molar-refractivity contribution is 0.0251. The minimum Gasteiger partial charge on any atom is -0.392 e. The summed E-state index contributed by atoms with van der Waals surface area (Å²) in [6.45, 7) is 8.21. The summed E-state index contributed by atoms with van der Waals surface area (Å²) in [5.41, 5.74) is 0.0933. The minimum atomic E-state index is -0.162. The van der Waals surface area contributed by atoms with Crippen LogP contribution in [0.15, 0.2) is 0 Å². The number of methoxy groups -OCH3 is 1. The van der Waals surface area contributed by atoms with Gasteiger partial charge in [-0.1, -0.05) is 13.8 Å². The van der Waals surface area contributed by atoms with E-state index in [-0.39, 0.29) is 11.5 Å². The topological polar surface area (TPSA) is 32.7 Å². The van der Waals surface area contributed by atoms with Gasteiger partial charge in [-0.25, -0.2) is 0 Å². The smallest absolute Gasteiger partial charge is 0.0631 e. The largest absolute Gasteiger partial charge is 0.392 e. The van der Waals surface area contributed by atoms with Crippen LogP contribution in [0.2, 0.25) is 0 Å². The van der Waals surface area contributed by atoms with E-state index in [1.54, 1.807) is 7.11 Å². The van der Waals surface area contributed by atoms with Gasteiger partial charge in [-0.3, -0.25) is 0 Å². The average molecular weight is 229 g/mol. The lowest BCUT2D eigenvalue weighted by atomic mass is 9.87. The van der Waals surface area contributed by atoms with Crippen molar-refractivity contribution in [3.63, 3.8) is 0 Å². The molecular formula is C13H27NO2. The maximum absolute atomic E-state index is 10.2. The third-order valence-electron chi connectivity index (χ3n) is 4.09. The van der Waals surface area contributed by atoms with Gasteiger partial charge in [0, 0.05) is 19.7 Å². The van der Waals surface area contributed by atoms with Crippen molar-refractivity contribution < 1.29 is 9.84 Å². The van der Waals surface area contributed by atoms with Crippen LogP contribution in [0.25, 0.3) is 0 Å². The molecule has 0 aromatic rings. The Bertz CT molecular complexity index is 218. The molecule has 0 saturated heterocycles. The molecule has 0 aromatic heterocycles. The van der Waals surface area contributed by atoms with Gasteiger partial charge in [0.25, 0.3) is 0 Å². The number of hydrogen-bond acceptors (Lipinski definition) is 3. The first kappa shape index (κ1) is 13.9. The van der Waals surface area contributed by atoms with E-state index >= 15 is 0 Å². The quantitative estimate of drug-likeness (QED) is 0.779. The molecule has 1 fully saturated rings. The first-order valence-corrected chi connectivity index (χ1v) is 6.25. The van der Waals surface area contributed by atoms with E-state index in [1.165, 1.54) is 0 Å². The molecule has 3 heteroatoms. The van der Waals surface area contributed by atoms with Gasteiger partial charge in [0.1, 0.15) is 0 Å². The Morgan fingerprint density at radius 3 is 2.56 bits per heavy atom. The Kier molecular flexibility index (Phi) is 4.77. The normalized spacial score (nSPS) is 30.9. The standard InChI is InChI=1S/C13H27NO2/c1-10(9-16-5)14(4)8-11-6-7-13(2,3)12(11)15/h10-12,15H,6-9H2,1-5H3. The van der Waals surface area contributed by atoms with Crippen LogP contribution < -0.4 is 0 Å². The maximum atomic E-state index is 10.2. The fourth-order valence-corrected chi connectivity index (χ4v) is 2.61. The van der Waals surface area contributed by atoms with E-state index in [2.05, 4.69) is 32.7 Å². The number of rotatable bonds is 5. The van der Waals surface area contributed by atoms with Crippen molar-refractivity contribution in [1.82, 2.24) is 4.90 Å². The highest BCUT2D eigenvalue weighted by molar-refractivity contribution is 4.92. The van der Waals surface area contributed by atoms with Crippen LogP contribution in [0.3, 0.4) is 0 Å². The zero-order chi connectivity index (χ0) is 12.3. The summed E-state index contributed by atoms with van der Waals surface area (Å²) >= 11 is 0. The highest BCUT2D eigenvalue weighted by atomic mass is 16.5.